The van der Waals surface area contributed by atoms with Gasteiger partial charge in [0.05, 0.1) is 12.8 Å². The van der Waals surface area contributed by atoms with Crippen molar-refractivity contribution in [1.29, 1.82) is 0 Å². The van der Waals surface area contributed by atoms with E-state index in [-0.39, 0.29) is 71.3 Å². The molecule has 0 aromatic rings. The summed E-state index contributed by atoms with van der Waals surface area (Å²) in [5.41, 5.74) is -2.74. The summed E-state index contributed by atoms with van der Waals surface area (Å²) in [7, 11) is 0. The standard InChI is InChI=1S/C6H8O7.C2H2O4.2Fe.H3N.Na.H/c7-3(8)1-6(13,5(11)12)2-4(9)10;3-1(4)2(5)6;;;;;/h13H,1-2H2,(H,7,8)(H,9,10)(H,11,12);(H,3,4)(H,5,6);;;1H3;;/q;;;;;+1;-1. The number of carbonyl (C=O) groups is 5. The van der Waals surface area contributed by atoms with Gasteiger partial charge in [-0.3, -0.25) is 9.59 Å². The fraction of sp³-hybridized carbons (Fsp3) is 0.375. The van der Waals surface area contributed by atoms with Crippen molar-refractivity contribution in [3.63, 3.8) is 0 Å². The van der Waals surface area contributed by atoms with Crippen molar-refractivity contribution in [2.75, 3.05) is 0 Å². The summed E-state index contributed by atoms with van der Waals surface area (Å²) in [5, 5.41) is 48.6. The summed E-state index contributed by atoms with van der Waals surface area (Å²) in [4.78, 5) is 48.7. The normalized spacial score (nSPS) is 8.04. The molecular weight excluding hydrogens is 421 g/mol. The Morgan fingerprint density at radius 1 is 0.739 bits per heavy atom. The maximum Gasteiger partial charge on any atom is 1.00 e. The average molecular weight is 435 g/mol. The topological polar surface area (TPSA) is 242 Å². The van der Waals surface area contributed by atoms with Crippen molar-refractivity contribution in [2.24, 2.45) is 0 Å². The largest absolute Gasteiger partial charge is 1.00 e. The van der Waals surface area contributed by atoms with Crippen LogP contribution in [0.4, 0.5) is 0 Å². The molecule has 0 aliphatic rings. The first-order valence-corrected chi connectivity index (χ1v) is 4.28. The molecule has 0 saturated heterocycles. The van der Waals surface area contributed by atoms with Gasteiger partial charge in [-0.15, -0.1) is 0 Å². The van der Waals surface area contributed by atoms with Crippen LogP contribution in [-0.4, -0.2) is 66.1 Å². The zero-order valence-corrected chi connectivity index (χ0v) is 15.8. The van der Waals surface area contributed by atoms with Gasteiger partial charge >= 0.3 is 59.4 Å². The monoisotopic (exact) mass is 435 g/mol. The number of aliphatic carboxylic acids is 5. The van der Waals surface area contributed by atoms with Crippen LogP contribution in [0.25, 0.3) is 0 Å². The van der Waals surface area contributed by atoms with Crippen molar-refractivity contribution in [1.82, 2.24) is 6.15 Å². The van der Waals surface area contributed by atoms with Crippen molar-refractivity contribution < 1.29 is 120 Å². The molecule has 15 heteroatoms. The Morgan fingerprint density at radius 3 is 1.04 bits per heavy atom. The minimum atomic E-state index is -2.74. The molecule has 0 aromatic carbocycles. The summed E-state index contributed by atoms with van der Waals surface area (Å²) in [6, 6.07) is 0. The van der Waals surface area contributed by atoms with E-state index < -0.39 is 48.3 Å². The molecule has 0 amide bonds. The van der Waals surface area contributed by atoms with Gasteiger partial charge in [-0.05, 0) is 0 Å². The maximum atomic E-state index is 10.3. The molecule has 134 valence electrons. The Kier molecular flexibility index (Phi) is 29.2. The van der Waals surface area contributed by atoms with Crippen molar-refractivity contribution >= 4 is 29.8 Å². The van der Waals surface area contributed by atoms with Crippen molar-refractivity contribution in [3.8, 4) is 0 Å². The fourth-order valence-electron chi connectivity index (χ4n) is 0.714. The van der Waals surface area contributed by atoms with E-state index in [1.807, 2.05) is 0 Å². The molecule has 12 nitrogen and oxygen atoms in total. The van der Waals surface area contributed by atoms with Crippen LogP contribution >= 0.6 is 0 Å². The Bertz CT molecular complexity index is 395. The molecular formula is C8H14Fe2NNaO11. The van der Waals surface area contributed by atoms with Gasteiger partial charge in [0.25, 0.3) is 0 Å². The zero-order valence-electron chi connectivity index (χ0n) is 12.6. The Labute approximate surface area is 173 Å². The van der Waals surface area contributed by atoms with Crippen LogP contribution in [0.5, 0.6) is 0 Å². The van der Waals surface area contributed by atoms with Crippen LogP contribution in [0.1, 0.15) is 14.3 Å². The van der Waals surface area contributed by atoms with Gasteiger partial charge in [-0.1, -0.05) is 0 Å². The van der Waals surface area contributed by atoms with Gasteiger partial charge in [0, 0.05) is 34.1 Å². The second-order valence-electron chi connectivity index (χ2n) is 3.09. The number of carboxylic acids is 5. The smallest absolute Gasteiger partial charge is 1.00 e. The molecule has 0 saturated carbocycles. The van der Waals surface area contributed by atoms with Crippen molar-refractivity contribution in [3.05, 3.63) is 0 Å². The van der Waals surface area contributed by atoms with E-state index in [4.69, 9.17) is 40.2 Å². The third-order valence-electron chi connectivity index (χ3n) is 1.47. The van der Waals surface area contributed by atoms with Crippen LogP contribution in [0.15, 0.2) is 0 Å². The third-order valence-corrected chi connectivity index (χ3v) is 1.47. The first-order chi connectivity index (χ1) is 8.42. The van der Waals surface area contributed by atoms with E-state index in [0.29, 0.717) is 0 Å². The summed E-state index contributed by atoms with van der Waals surface area (Å²) in [5.74, 6) is -8.67. The van der Waals surface area contributed by atoms with Gasteiger partial charge in [0.15, 0.2) is 5.60 Å². The van der Waals surface area contributed by atoms with Crippen LogP contribution in [0.2, 0.25) is 0 Å². The minimum Gasteiger partial charge on any atom is -1.00 e. The van der Waals surface area contributed by atoms with E-state index in [1.54, 1.807) is 0 Å². The van der Waals surface area contributed by atoms with Gasteiger partial charge in [-0.25, -0.2) is 14.4 Å². The average Bonchev–Trinajstić information content (AvgIpc) is 2.14. The summed E-state index contributed by atoms with van der Waals surface area (Å²) >= 11 is 0. The molecule has 0 rings (SSSR count). The van der Waals surface area contributed by atoms with Crippen LogP contribution in [0.3, 0.4) is 0 Å². The molecule has 0 radical (unpaired) electrons. The number of aliphatic hydroxyl groups is 1. The molecule has 0 fully saturated rings. The van der Waals surface area contributed by atoms with Crippen LogP contribution < -0.4 is 35.7 Å². The van der Waals surface area contributed by atoms with Gasteiger partial charge < -0.3 is 38.2 Å². The van der Waals surface area contributed by atoms with Crippen molar-refractivity contribution in [2.45, 2.75) is 18.4 Å². The summed E-state index contributed by atoms with van der Waals surface area (Å²) < 4.78 is 0. The molecule has 0 atom stereocenters. The zero-order chi connectivity index (χ0) is 15.8. The predicted octanol–water partition coefficient (Wildman–Crippen LogP) is -4.82. The van der Waals surface area contributed by atoms with E-state index in [0.717, 1.165) is 0 Å². The number of carboxylic acid groups (broad SMARTS) is 5. The molecule has 23 heavy (non-hydrogen) atoms. The molecule has 0 aromatic heterocycles. The van der Waals surface area contributed by atoms with Gasteiger partial charge in [0.2, 0.25) is 0 Å². The Morgan fingerprint density at radius 2 is 0.957 bits per heavy atom. The van der Waals surface area contributed by atoms with E-state index in [1.165, 1.54) is 0 Å². The second kappa shape index (κ2) is 17.7. The van der Waals surface area contributed by atoms with Gasteiger partial charge in [0.1, 0.15) is 0 Å². The number of hydrogen-bond donors (Lipinski definition) is 7. The van der Waals surface area contributed by atoms with E-state index in [9.17, 15) is 14.4 Å². The minimum absolute atomic E-state index is 0. The summed E-state index contributed by atoms with van der Waals surface area (Å²) in [6.45, 7) is 0. The molecule has 0 heterocycles. The molecule has 0 unspecified atom stereocenters. The van der Waals surface area contributed by atoms with Crippen LogP contribution in [0, 0.1) is 0 Å². The molecule has 0 aliphatic heterocycles. The first-order valence-electron chi connectivity index (χ1n) is 4.28. The first kappa shape index (κ1) is 38.1. The number of hydrogen-bond acceptors (Lipinski definition) is 7. The van der Waals surface area contributed by atoms with Crippen LogP contribution in [-0.2, 0) is 58.1 Å². The maximum absolute atomic E-state index is 10.3. The SMILES string of the molecule is N.O=C(O)C(=O)O.O=C(O)CC(O)(CC(=O)O)C(=O)O.[Fe].[Fe].[H-].[Na+]. The predicted molar refractivity (Wildman–Crippen MR) is 58.5 cm³/mol. The number of rotatable bonds is 5. The fourth-order valence-corrected chi connectivity index (χ4v) is 0.714. The quantitative estimate of drug-likeness (QED) is 0.159. The molecule has 0 spiro atoms. The Balaban J connectivity index is -0.0000000465. The third kappa shape index (κ3) is 21.3. The molecule has 9 N–H and O–H groups in total. The second-order valence-corrected chi connectivity index (χ2v) is 3.09. The summed E-state index contributed by atoms with van der Waals surface area (Å²) in [6.07, 6.45) is -2.29. The van der Waals surface area contributed by atoms with Gasteiger partial charge in [-0.2, -0.15) is 0 Å². The van der Waals surface area contributed by atoms with E-state index >= 15 is 0 Å². The Hall–Kier alpha value is -0.691. The molecule has 0 bridgehead atoms. The van der Waals surface area contributed by atoms with E-state index in [2.05, 4.69) is 0 Å². The molecule has 0 aliphatic carbocycles.